The second kappa shape index (κ2) is 8.83. The highest BCUT2D eigenvalue weighted by molar-refractivity contribution is 7.99. The highest BCUT2D eigenvalue weighted by Gasteiger charge is 2.15. The van der Waals surface area contributed by atoms with Gasteiger partial charge in [-0.25, -0.2) is 0 Å². The Labute approximate surface area is 164 Å². The monoisotopic (exact) mass is 404 g/mol. The molecule has 2 aromatic carbocycles. The van der Waals surface area contributed by atoms with Gasteiger partial charge in [0.05, 0.1) is 11.4 Å². The van der Waals surface area contributed by atoms with Crippen molar-refractivity contribution in [3.63, 3.8) is 0 Å². The van der Waals surface area contributed by atoms with Crippen molar-refractivity contribution in [2.45, 2.75) is 18.7 Å². The van der Waals surface area contributed by atoms with Crippen LogP contribution in [0.1, 0.15) is 5.56 Å². The molecule has 0 aliphatic heterocycles. The molecule has 0 aliphatic carbocycles. The Morgan fingerprint density at radius 1 is 1.18 bits per heavy atom. The first-order chi connectivity index (χ1) is 13.5. The molecular weight excluding hydrogens is 386 g/mol. The molecule has 1 heterocycles. The van der Waals surface area contributed by atoms with E-state index in [1.165, 1.54) is 23.9 Å². The fraction of sp³-hybridized carbons (Fsp3) is 0.211. The maximum atomic E-state index is 12.5. The van der Waals surface area contributed by atoms with Crippen LogP contribution in [0, 0.1) is 6.92 Å². The first-order valence-electron chi connectivity index (χ1n) is 8.37. The van der Waals surface area contributed by atoms with Gasteiger partial charge in [0.25, 0.3) is 0 Å². The molecule has 9 heteroatoms. The average Bonchev–Trinajstić information content (AvgIpc) is 3.02. The fourth-order valence-electron chi connectivity index (χ4n) is 2.58. The van der Waals surface area contributed by atoms with Crippen LogP contribution >= 0.6 is 11.8 Å². The largest absolute Gasteiger partial charge is 0.433 e. The maximum Gasteiger partial charge on any atom is 0.387 e. The summed E-state index contributed by atoms with van der Waals surface area (Å²) in [7, 11) is 1.83. The number of halogens is 2. The smallest absolute Gasteiger partial charge is 0.387 e. The third-order valence-electron chi connectivity index (χ3n) is 3.93. The summed E-state index contributed by atoms with van der Waals surface area (Å²) in [5.41, 5.74) is 2.22. The lowest BCUT2D eigenvalue weighted by Crippen LogP contribution is -2.16. The van der Waals surface area contributed by atoms with E-state index in [4.69, 9.17) is 0 Å². The number of benzene rings is 2. The average molecular weight is 404 g/mol. The molecule has 0 bridgehead atoms. The molecule has 0 spiro atoms. The van der Waals surface area contributed by atoms with Crippen molar-refractivity contribution in [1.29, 1.82) is 0 Å². The van der Waals surface area contributed by atoms with E-state index in [2.05, 4.69) is 20.3 Å². The topological polar surface area (TPSA) is 69.0 Å². The lowest BCUT2D eigenvalue weighted by molar-refractivity contribution is -0.113. The van der Waals surface area contributed by atoms with Crippen molar-refractivity contribution in [3.05, 3.63) is 54.1 Å². The number of carbonyl (C=O) groups excluding carboxylic acids is 1. The van der Waals surface area contributed by atoms with Gasteiger partial charge in [-0.1, -0.05) is 48.2 Å². The van der Waals surface area contributed by atoms with Crippen LogP contribution in [0.4, 0.5) is 14.5 Å². The number of hydrogen-bond donors (Lipinski definition) is 1. The number of thioether (sulfide) groups is 1. The predicted molar refractivity (Wildman–Crippen MR) is 104 cm³/mol. The Hall–Kier alpha value is -2.94. The number of alkyl halides is 2. The van der Waals surface area contributed by atoms with Crippen molar-refractivity contribution in [3.8, 4) is 17.1 Å². The van der Waals surface area contributed by atoms with E-state index in [1.54, 1.807) is 12.1 Å². The summed E-state index contributed by atoms with van der Waals surface area (Å²) >= 11 is 1.20. The van der Waals surface area contributed by atoms with E-state index < -0.39 is 6.61 Å². The quantitative estimate of drug-likeness (QED) is 0.600. The first kappa shape index (κ1) is 19.8. The van der Waals surface area contributed by atoms with E-state index in [9.17, 15) is 13.6 Å². The summed E-state index contributed by atoms with van der Waals surface area (Å²) in [6.07, 6.45) is 0. The van der Waals surface area contributed by atoms with E-state index >= 15 is 0 Å². The molecule has 0 unspecified atom stereocenters. The minimum absolute atomic E-state index is 0.0444. The molecule has 0 saturated heterocycles. The van der Waals surface area contributed by atoms with Crippen molar-refractivity contribution in [1.82, 2.24) is 14.8 Å². The summed E-state index contributed by atoms with van der Waals surface area (Å²) < 4.78 is 31.2. The molecule has 0 saturated carbocycles. The minimum atomic E-state index is -2.97. The zero-order valence-electron chi connectivity index (χ0n) is 15.2. The van der Waals surface area contributed by atoms with E-state index in [0.29, 0.717) is 11.0 Å². The molecule has 1 aromatic heterocycles. The number of aryl methyl sites for hydroxylation is 1. The number of carbonyl (C=O) groups is 1. The molecule has 0 radical (unpaired) electrons. The van der Waals surface area contributed by atoms with Gasteiger partial charge >= 0.3 is 6.61 Å². The molecule has 0 fully saturated rings. The molecule has 146 valence electrons. The second-order valence-electron chi connectivity index (χ2n) is 5.89. The van der Waals surface area contributed by atoms with Gasteiger partial charge in [-0.3, -0.25) is 4.79 Å². The first-order valence-corrected chi connectivity index (χ1v) is 9.36. The Balaban J connectivity index is 1.66. The molecule has 3 rings (SSSR count). The number of nitrogens with one attached hydrogen (secondary N) is 1. The normalized spacial score (nSPS) is 10.9. The number of para-hydroxylation sites is 2. The molecule has 6 nitrogen and oxygen atoms in total. The SMILES string of the molecule is Cc1ccccc1-c1nnc(SCC(=O)Nc2ccccc2OC(F)F)n1C. The van der Waals surface area contributed by atoms with E-state index in [1.807, 2.05) is 42.8 Å². The third kappa shape index (κ3) is 4.66. The number of anilines is 1. The van der Waals surface area contributed by atoms with Crippen molar-refractivity contribution in [2.75, 3.05) is 11.1 Å². The van der Waals surface area contributed by atoms with Crippen LogP contribution in [0.3, 0.4) is 0 Å². The number of rotatable bonds is 7. The minimum Gasteiger partial charge on any atom is -0.433 e. The van der Waals surface area contributed by atoms with Crippen LogP contribution in [0.2, 0.25) is 0 Å². The third-order valence-corrected chi connectivity index (χ3v) is 4.95. The van der Waals surface area contributed by atoms with Gasteiger partial charge in [-0.2, -0.15) is 8.78 Å². The van der Waals surface area contributed by atoms with Gasteiger partial charge in [-0.05, 0) is 24.6 Å². The van der Waals surface area contributed by atoms with Crippen LogP contribution in [-0.4, -0.2) is 33.0 Å². The summed E-state index contributed by atoms with van der Waals surface area (Å²) in [5.74, 6) is 0.298. The van der Waals surface area contributed by atoms with Crippen molar-refractivity contribution >= 4 is 23.4 Å². The molecule has 28 heavy (non-hydrogen) atoms. The molecule has 0 aliphatic rings. The number of nitrogens with zero attached hydrogens (tertiary/aromatic N) is 3. The fourth-order valence-corrected chi connectivity index (χ4v) is 3.29. The summed E-state index contributed by atoms with van der Waals surface area (Å²) in [5, 5.41) is 11.5. The Morgan fingerprint density at radius 2 is 1.89 bits per heavy atom. The lowest BCUT2D eigenvalue weighted by atomic mass is 10.1. The highest BCUT2D eigenvalue weighted by Crippen LogP contribution is 2.27. The Kier molecular flexibility index (Phi) is 6.25. The van der Waals surface area contributed by atoms with Crippen LogP contribution in [0.5, 0.6) is 5.75 Å². The molecule has 0 atom stereocenters. The standard InChI is InChI=1S/C19H18F2N4O2S/c1-12-7-3-4-8-13(12)17-23-24-19(25(17)2)28-11-16(26)22-14-9-5-6-10-15(14)27-18(20)21/h3-10,18H,11H2,1-2H3,(H,22,26). The van der Waals surface area contributed by atoms with Crippen LogP contribution in [-0.2, 0) is 11.8 Å². The van der Waals surface area contributed by atoms with Crippen molar-refractivity contribution < 1.29 is 18.3 Å². The maximum absolute atomic E-state index is 12.5. The summed E-state index contributed by atoms with van der Waals surface area (Å²) in [6.45, 7) is -0.977. The molecule has 3 aromatic rings. The lowest BCUT2D eigenvalue weighted by Gasteiger charge is -2.11. The van der Waals surface area contributed by atoms with Gasteiger partial charge in [0.1, 0.15) is 5.75 Å². The van der Waals surface area contributed by atoms with Gasteiger partial charge in [0.15, 0.2) is 11.0 Å². The second-order valence-corrected chi connectivity index (χ2v) is 6.83. The highest BCUT2D eigenvalue weighted by atomic mass is 32.2. The summed E-state index contributed by atoms with van der Waals surface area (Å²) in [6, 6.07) is 13.9. The van der Waals surface area contributed by atoms with Crippen LogP contribution in [0.15, 0.2) is 53.7 Å². The number of aromatic nitrogens is 3. The zero-order valence-corrected chi connectivity index (χ0v) is 16.0. The summed E-state index contributed by atoms with van der Waals surface area (Å²) in [4.78, 5) is 12.2. The van der Waals surface area contributed by atoms with E-state index in [-0.39, 0.29) is 23.1 Å². The van der Waals surface area contributed by atoms with Crippen LogP contribution < -0.4 is 10.1 Å². The zero-order chi connectivity index (χ0) is 20.1. The predicted octanol–water partition coefficient (Wildman–Crippen LogP) is 4.12. The van der Waals surface area contributed by atoms with Gasteiger partial charge in [-0.15, -0.1) is 10.2 Å². The van der Waals surface area contributed by atoms with Gasteiger partial charge in [0, 0.05) is 12.6 Å². The number of ether oxygens (including phenoxy) is 1. The van der Waals surface area contributed by atoms with Crippen LogP contribution in [0.25, 0.3) is 11.4 Å². The number of hydrogen-bond acceptors (Lipinski definition) is 5. The van der Waals surface area contributed by atoms with E-state index in [0.717, 1.165) is 11.1 Å². The molecular formula is C19H18F2N4O2S. The van der Waals surface area contributed by atoms with Crippen molar-refractivity contribution in [2.24, 2.45) is 7.05 Å². The Bertz CT molecular complexity index is 978. The van der Waals surface area contributed by atoms with Gasteiger partial charge < -0.3 is 14.6 Å². The van der Waals surface area contributed by atoms with Gasteiger partial charge in [0.2, 0.25) is 5.91 Å². The Morgan fingerprint density at radius 3 is 2.64 bits per heavy atom. The number of amides is 1. The molecule has 1 amide bonds. The molecule has 1 N–H and O–H groups in total.